The van der Waals surface area contributed by atoms with Crippen LogP contribution in [-0.4, -0.2) is 52.7 Å². The zero-order valence-corrected chi connectivity index (χ0v) is 17.6. The topological polar surface area (TPSA) is 52.5 Å². The van der Waals surface area contributed by atoms with Crippen LogP contribution < -0.4 is 4.90 Å². The number of benzene rings is 1. The first-order valence-electron chi connectivity index (χ1n) is 8.71. The fraction of sp³-hybridized carbons (Fsp3) is 0.368. The van der Waals surface area contributed by atoms with Crippen LogP contribution in [0.3, 0.4) is 0 Å². The second-order valence-electron chi connectivity index (χ2n) is 6.25. The molecule has 1 N–H and O–H groups in total. The number of fused-ring (bicyclic) bond motifs is 1. The molecule has 3 heterocycles. The van der Waals surface area contributed by atoms with Gasteiger partial charge in [-0.2, -0.15) is 0 Å². The van der Waals surface area contributed by atoms with E-state index < -0.39 is 0 Å². The van der Waals surface area contributed by atoms with Crippen molar-refractivity contribution < 1.29 is 5.11 Å². The van der Waals surface area contributed by atoms with Crippen LogP contribution in [0.2, 0.25) is 0 Å². The van der Waals surface area contributed by atoms with E-state index >= 15 is 0 Å². The lowest BCUT2D eigenvalue weighted by Crippen LogP contribution is -2.46. The van der Waals surface area contributed by atoms with Crippen molar-refractivity contribution in [2.45, 2.75) is 13.5 Å². The largest absolute Gasteiger partial charge is 0.389 e. The molecule has 0 amide bonds. The molecular formula is C19H24Cl2N4OS. The number of piperazine rings is 1. The molecule has 0 unspecified atom stereocenters. The Balaban J connectivity index is 0.00000131. The number of aliphatic hydroxyl groups is 1. The fourth-order valence-electron chi connectivity index (χ4n) is 3.33. The molecule has 3 aromatic rings. The van der Waals surface area contributed by atoms with Gasteiger partial charge in [-0.15, -0.1) is 36.2 Å². The van der Waals surface area contributed by atoms with E-state index in [4.69, 9.17) is 4.98 Å². The third-order valence-corrected chi connectivity index (χ3v) is 5.79. The summed E-state index contributed by atoms with van der Waals surface area (Å²) in [6, 6.07) is 10.6. The monoisotopic (exact) mass is 426 g/mol. The lowest BCUT2D eigenvalue weighted by Gasteiger charge is -2.35. The number of thiazole rings is 1. The van der Waals surface area contributed by atoms with Crippen LogP contribution in [0.5, 0.6) is 0 Å². The molecule has 1 aliphatic heterocycles. The third-order valence-electron chi connectivity index (χ3n) is 4.78. The Bertz CT molecular complexity index is 881. The minimum Gasteiger partial charge on any atom is -0.389 e. The van der Waals surface area contributed by atoms with Crippen LogP contribution in [-0.2, 0) is 6.61 Å². The highest BCUT2D eigenvalue weighted by Crippen LogP contribution is 2.32. The van der Waals surface area contributed by atoms with E-state index in [9.17, 15) is 5.11 Å². The number of anilines is 1. The lowest BCUT2D eigenvalue weighted by molar-refractivity contribution is 0.271. The summed E-state index contributed by atoms with van der Waals surface area (Å²) >= 11 is 1.50. The van der Waals surface area contributed by atoms with Crippen molar-refractivity contribution in [3.63, 3.8) is 0 Å². The first-order chi connectivity index (χ1) is 12.3. The van der Waals surface area contributed by atoms with Crippen LogP contribution >= 0.6 is 36.2 Å². The molecule has 2 aromatic heterocycles. The van der Waals surface area contributed by atoms with Crippen molar-refractivity contribution in [3.05, 3.63) is 41.5 Å². The van der Waals surface area contributed by atoms with Gasteiger partial charge in [0.15, 0.2) is 0 Å². The van der Waals surface area contributed by atoms with Crippen molar-refractivity contribution in [2.24, 2.45) is 0 Å². The van der Waals surface area contributed by atoms with Gasteiger partial charge >= 0.3 is 0 Å². The standard InChI is InChI=1S/C19H22N4OS.2ClH/c1-2-22-7-9-23(10-8-22)19-15-6-4-3-5-14(15)11-16(21-19)17-12-20-18(13-24)25-17;;/h3-6,11-12,24H,2,7-10,13H2,1H3;2*1H. The maximum absolute atomic E-state index is 9.29. The summed E-state index contributed by atoms with van der Waals surface area (Å²) in [5.41, 5.74) is 0.934. The first kappa shape index (κ1) is 21.9. The lowest BCUT2D eigenvalue weighted by atomic mass is 10.1. The van der Waals surface area contributed by atoms with Crippen molar-refractivity contribution in [3.8, 4) is 10.6 Å². The van der Waals surface area contributed by atoms with E-state index in [-0.39, 0.29) is 31.4 Å². The molecule has 0 spiro atoms. The molecule has 1 fully saturated rings. The van der Waals surface area contributed by atoms with Crippen molar-refractivity contribution in [1.29, 1.82) is 0 Å². The summed E-state index contributed by atoms with van der Waals surface area (Å²) in [5, 5.41) is 12.4. The maximum Gasteiger partial charge on any atom is 0.137 e. The smallest absolute Gasteiger partial charge is 0.137 e. The van der Waals surface area contributed by atoms with E-state index in [1.165, 1.54) is 22.1 Å². The summed E-state index contributed by atoms with van der Waals surface area (Å²) in [7, 11) is 0. The van der Waals surface area contributed by atoms with Crippen molar-refractivity contribution >= 4 is 52.7 Å². The first-order valence-corrected chi connectivity index (χ1v) is 9.53. The third kappa shape index (κ3) is 4.52. The van der Waals surface area contributed by atoms with E-state index in [1.54, 1.807) is 0 Å². The molecule has 0 radical (unpaired) electrons. The molecular weight excluding hydrogens is 403 g/mol. The molecule has 0 atom stereocenters. The van der Waals surface area contributed by atoms with E-state index in [0.717, 1.165) is 54.1 Å². The Morgan fingerprint density at radius 1 is 1.11 bits per heavy atom. The fourth-order valence-corrected chi connectivity index (χ4v) is 4.06. The number of rotatable bonds is 4. The van der Waals surface area contributed by atoms with Gasteiger partial charge in [-0.1, -0.05) is 31.2 Å². The Kier molecular flexibility index (Phi) is 7.82. The Morgan fingerprint density at radius 3 is 2.52 bits per heavy atom. The molecule has 5 nitrogen and oxygen atoms in total. The van der Waals surface area contributed by atoms with Gasteiger partial charge in [0.05, 0.1) is 17.2 Å². The normalized spacial score (nSPS) is 14.7. The Labute approximate surface area is 175 Å². The second kappa shape index (κ2) is 9.66. The molecule has 0 aliphatic carbocycles. The molecule has 0 bridgehead atoms. The van der Waals surface area contributed by atoms with Gasteiger partial charge in [-0.25, -0.2) is 9.97 Å². The molecule has 1 saturated heterocycles. The summed E-state index contributed by atoms with van der Waals surface area (Å²) in [5.74, 6) is 1.06. The zero-order valence-electron chi connectivity index (χ0n) is 15.2. The summed E-state index contributed by atoms with van der Waals surface area (Å²) in [6.45, 7) is 7.44. The minimum absolute atomic E-state index is 0. The van der Waals surface area contributed by atoms with Crippen LogP contribution in [0.25, 0.3) is 21.3 Å². The number of hydrogen-bond donors (Lipinski definition) is 1. The zero-order chi connectivity index (χ0) is 17.2. The molecule has 1 aromatic carbocycles. The molecule has 1 aliphatic rings. The molecule has 8 heteroatoms. The summed E-state index contributed by atoms with van der Waals surface area (Å²) < 4.78 is 0. The van der Waals surface area contributed by atoms with Gasteiger partial charge in [0.2, 0.25) is 0 Å². The predicted molar refractivity (Wildman–Crippen MR) is 118 cm³/mol. The molecule has 146 valence electrons. The van der Waals surface area contributed by atoms with E-state index in [1.807, 2.05) is 6.20 Å². The number of aromatic nitrogens is 2. The predicted octanol–water partition coefficient (Wildman–Crippen LogP) is 3.84. The maximum atomic E-state index is 9.29. The Hall–Kier alpha value is -1.44. The molecule has 0 saturated carbocycles. The number of likely N-dealkylation sites (N-methyl/N-ethyl adjacent to an activating group) is 1. The highest BCUT2D eigenvalue weighted by molar-refractivity contribution is 7.15. The number of halogens is 2. The molecule has 27 heavy (non-hydrogen) atoms. The number of nitrogens with zero attached hydrogens (tertiary/aromatic N) is 4. The molecule has 4 rings (SSSR count). The number of pyridine rings is 1. The highest BCUT2D eigenvalue weighted by atomic mass is 35.5. The van der Waals surface area contributed by atoms with Crippen molar-refractivity contribution in [1.82, 2.24) is 14.9 Å². The van der Waals surface area contributed by atoms with E-state index in [2.05, 4.69) is 52.0 Å². The van der Waals surface area contributed by atoms with Crippen LogP contribution in [0.15, 0.2) is 36.5 Å². The summed E-state index contributed by atoms with van der Waals surface area (Å²) in [6.07, 6.45) is 1.81. The highest BCUT2D eigenvalue weighted by Gasteiger charge is 2.20. The van der Waals surface area contributed by atoms with Gasteiger partial charge in [0.25, 0.3) is 0 Å². The average molecular weight is 427 g/mol. The van der Waals surface area contributed by atoms with Crippen LogP contribution in [0, 0.1) is 0 Å². The van der Waals surface area contributed by atoms with Gasteiger partial charge in [-0.3, -0.25) is 0 Å². The van der Waals surface area contributed by atoms with Crippen molar-refractivity contribution in [2.75, 3.05) is 37.6 Å². The van der Waals surface area contributed by atoms with Gasteiger partial charge in [0, 0.05) is 37.8 Å². The number of hydrogen-bond acceptors (Lipinski definition) is 6. The van der Waals surface area contributed by atoms with E-state index in [0.29, 0.717) is 0 Å². The van der Waals surface area contributed by atoms with Crippen LogP contribution in [0.1, 0.15) is 11.9 Å². The van der Waals surface area contributed by atoms with Gasteiger partial charge in [0.1, 0.15) is 10.8 Å². The number of aliphatic hydroxyl groups excluding tert-OH is 1. The second-order valence-corrected chi connectivity index (χ2v) is 7.37. The van der Waals surface area contributed by atoms with Crippen LogP contribution in [0.4, 0.5) is 5.82 Å². The quantitative estimate of drug-likeness (QED) is 0.686. The SMILES string of the molecule is CCN1CCN(c2nc(-c3cnc(CO)s3)cc3ccccc23)CC1.Cl.Cl. The van der Waals surface area contributed by atoms with Gasteiger partial charge < -0.3 is 14.9 Å². The van der Waals surface area contributed by atoms with Gasteiger partial charge in [-0.05, 0) is 18.0 Å². The minimum atomic E-state index is -0.0237. The average Bonchev–Trinajstić information content (AvgIpc) is 3.16. The summed E-state index contributed by atoms with van der Waals surface area (Å²) in [4.78, 5) is 15.1. The Morgan fingerprint density at radius 2 is 1.85 bits per heavy atom.